The molecule has 0 spiro atoms. The second-order valence-corrected chi connectivity index (χ2v) is 12.2. The van der Waals surface area contributed by atoms with Crippen LogP contribution in [0.3, 0.4) is 0 Å². The average molecular weight is 568 g/mol. The number of carbonyl (C=O) groups excluding carboxylic acids is 1. The third-order valence-corrected chi connectivity index (χ3v) is 9.05. The van der Waals surface area contributed by atoms with Gasteiger partial charge in [-0.15, -0.1) is 0 Å². The first-order valence-corrected chi connectivity index (χ1v) is 15.9. The molecule has 0 bridgehead atoms. The van der Waals surface area contributed by atoms with Crippen molar-refractivity contribution in [2.24, 2.45) is 5.92 Å². The first-order chi connectivity index (χ1) is 20.7. The molecule has 6 rings (SSSR count). The van der Waals surface area contributed by atoms with Crippen molar-refractivity contribution in [3.05, 3.63) is 89.7 Å². The van der Waals surface area contributed by atoms with Gasteiger partial charge in [0.15, 0.2) is 0 Å². The molecule has 3 saturated heterocycles. The zero-order valence-electron chi connectivity index (χ0n) is 24.9. The number of piperazine rings is 1. The lowest BCUT2D eigenvalue weighted by Crippen LogP contribution is -2.45. The normalized spacial score (nSPS) is 20.4. The van der Waals surface area contributed by atoms with Crippen LogP contribution in [-0.4, -0.2) is 84.6 Å². The van der Waals surface area contributed by atoms with Gasteiger partial charge in [-0.2, -0.15) is 0 Å². The quantitative estimate of drug-likeness (QED) is 0.349. The number of carbonyl (C=O) groups is 1. The zero-order chi connectivity index (χ0) is 28.6. The molecular weight excluding hydrogens is 522 g/mol. The Balaban J connectivity index is 0.928. The molecule has 1 atom stereocenters. The van der Waals surface area contributed by atoms with Gasteiger partial charge in [0.05, 0.1) is 6.61 Å². The number of amides is 1. The Morgan fingerprint density at radius 1 is 0.762 bits per heavy atom. The van der Waals surface area contributed by atoms with E-state index in [4.69, 9.17) is 4.74 Å². The number of pyridine rings is 1. The van der Waals surface area contributed by atoms with Gasteiger partial charge in [0.1, 0.15) is 5.75 Å². The van der Waals surface area contributed by atoms with Crippen molar-refractivity contribution < 1.29 is 9.53 Å². The number of ether oxygens (including phenoxy) is 1. The largest absolute Gasteiger partial charge is 0.493 e. The first kappa shape index (κ1) is 28.7. The molecular formula is C35H45N5O2. The zero-order valence-corrected chi connectivity index (χ0v) is 24.9. The van der Waals surface area contributed by atoms with Crippen LogP contribution in [0.15, 0.2) is 73.1 Å². The summed E-state index contributed by atoms with van der Waals surface area (Å²) in [6, 6.07) is 21.0. The molecule has 7 nitrogen and oxygen atoms in total. The Labute approximate surface area is 251 Å². The highest BCUT2D eigenvalue weighted by Gasteiger charge is 2.25. The number of benzene rings is 2. The summed E-state index contributed by atoms with van der Waals surface area (Å²) in [6.07, 6.45) is 9.77. The molecule has 7 heteroatoms. The van der Waals surface area contributed by atoms with E-state index in [1.54, 1.807) is 0 Å². The van der Waals surface area contributed by atoms with Crippen molar-refractivity contribution in [3.8, 4) is 5.75 Å². The maximum Gasteiger partial charge on any atom is 0.253 e. The summed E-state index contributed by atoms with van der Waals surface area (Å²) in [5.74, 6) is 1.42. The number of hydrogen-bond donors (Lipinski definition) is 0. The minimum Gasteiger partial charge on any atom is -0.493 e. The Bertz CT molecular complexity index is 1250. The fraction of sp³-hybridized carbons (Fsp3) is 0.486. The van der Waals surface area contributed by atoms with Crippen LogP contribution in [0.4, 0.5) is 5.69 Å². The predicted molar refractivity (Wildman–Crippen MR) is 168 cm³/mol. The number of likely N-dealkylation sites (tertiary alicyclic amines) is 1. The number of hydrogen-bond acceptors (Lipinski definition) is 6. The Hall–Kier alpha value is -3.42. The van der Waals surface area contributed by atoms with E-state index in [9.17, 15) is 4.79 Å². The Morgan fingerprint density at radius 3 is 2.17 bits per heavy atom. The molecule has 42 heavy (non-hydrogen) atoms. The standard InChI is InChI=1S/C35H45N5O2/c41-35(32-10-12-33(13-11-32)39-17-2-1-3-18-39)40-19-5-7-31(27-40)28-42-34-14-8-29(9-15-34)25-37-20-22-38(23-21-37)26-30-6-4-16-36-24-30/h4,6,8-16,24,31H,1-3,5,7,17-23,25-28H2. The van der Waals surface area contributed by atoms with Crippen molar-refractivity contribution in [3.63, 3.8) is 0 Å². The highest BCUT2D eigenvalue weighted by atomic mass is 16.5. The van der Waals surface area contributed by atoms with Crippen molar-refractivity contribution in [2.75, 3.05) is 63.9 Å². The maximum absolute atomic E-state index is 13.3. The van der Waals surface area contributed by atoms with E-state index in [1.165, 1.54) is 36.1 Å². The van der Waals surface area contributed by atoms with Gasteiger partial charge in [0.25, 0.3) is 5.91 Å². The molecule has 1 amide bonds. The third-order valence-electron chi connectivity index (χ3n) is 9.05. The fourth-order valence-electron chi connectivity index (χ4n) is 6.55. The molecule has 0 radical (unpaired) electrons. The van der Waals surface area contributed by atoms with Gasteiger partial charge in [-0.1, -0.05) is 18.2 Å². The van der Waals surface area contributed by atoms with Crippen molar-refractivity contribution >= 4 is 11.6 Å². The molecule has 3 fully saturated rings. The maximum atomic E-state index is 13.3. The van der Waals surface area contributed by atoms with E-state index >= 15 is 0 Å². The molecule has 0 N–H and O–H groups in total. The van der Waals surface area contributed by atoms with Gasteiger partial charge in [0.2, 0.25) is 0 Å². The van der Waals surface area contributed by atoms with E-state index in [-0.39, 0.29) is 5.91 Å². The summed E-state index contributed by atoms with van der Waals surface area (Å²) >= 11 is 0. The third kappa shape index (κ3) is 7.69. The molecule has 222 valence electrons. The van der Waals surface area contributed by atoms with Gasteiger partial charge in [-0.25, -0.2) is 0 Å². The predicted octanol–water partition coefficient (Wildman–Crippen LogP) is 5.32. The monoisotopic (exact) mass is 567 g/mol. The molecule has 3 aliphatic heterocycles. The fourth-order valence-corrected chi connectivity index (χ4v) is 6.55. The summed E-state index contributed by atoms with van der Waals surface area (Å²) in [4.78, 5) is 27.0. The lowest BCUT2D eigenvalue weighted by molar-refractivity contribution is 0.0633. The smallest absolute Gasteiger partial charge is 0.253 e. The average Bonchev–Trinajstić information content (AvgIpc) is 3.06. The van der Waals surface area contributed by atoms with Gasteiger partial charge >= 0.3 is 0 Å². The summed E-state index contributed by atoms with van der Waals surface area (Å²) in [5.41, 5.74) is 4.64. The summed E-state index contributed by atoms with van der Waals surface area (Å²) < 4.78 is 6.21. The lowest BCUT2D eigenvalue weighted by atomic mass is 9.98. The van der Waals surface area contributed by atoms with Crippen LogP contribution in [0.1, 0.15) is 53.6 Å². The first-order valence-electron chi connectivity index (χ1n) is 15.9. The summed E-state index contributed by atoms with van der Waals surface area (Å²) in [7, 11) is 0. The number of piperidine rings is 2. The van der Waals surface area contributed by atoms with E-state index in [1.807, 2.05) is 35.5 Å². The highest BCUT2D eigenvalue weighted by Crippen LogP contribution is 2.24. The van der Waals surface area contributed by atoms with E-state index in [0.717, 1.165) is 89.6 Å². The van der Waals surface area contributed by atoms with Crippen LogP contribution in [0, 0.1) is 5.92 Å². The Morgan fingerprint density at radius 2 is 1.48 bits per heavy atom. The SMILES string of the molecule is O=C(c1ccc(N2CCCCC2)cc1)N1CCCC(COc2ccc(CN3CCN(Cc4cccnc4)CC3)cc2)C1. The molecule has 2 aromatic carbocycles. The minimum absolute atomic E-state index is 0.146. The number of rotatable bonds is 9. The molecule has 3 aromatic rings. The molecule has 4 heterocycles. The highest BCUT2D eigenvalue weighted by molar-refractivity contribution is 5.94. The summed E-state index contributed by atoms with van der Waals surface area (Å²) in [6.45, 7) is 10.8. The molecule has 0 saturated carbocycles. The molecule has 0 aliphatic carbocycles. The van der Waals surface area contributed by atoms with Gasteiger partial charge in [-0.05, 0) is 85.7 Å². The molecule has 3 aliphatic rings. The Kier molecular flexibility index (Phi) is 9.68. The van der Waals surface area contributed by atoms with Gasteiger partial charge < -0.3 is 14.5 Å². The van der Waals surface area contributed by atoms with Crippen LogP contribution in [-0.2, 0) is 13.1 Å². The minimum atomic E-state index is 0.146. The van der Waals surface area contributed by atoms with Crippen molar-refractivity contribution in [2.45, 2.75) is 45.2 Å². The second-order valence-electron chi connectivity index (χ2n) is 12.2. The summed E-state index contributed by atoms with van der Waals surface area (Å²) in [5, 5.41) is 0. The van der Waals surface area contributed by atoms with E-state index < -0.39 is 0 Å². The van der Waals surface area contributed by atoms with Crippen LogP contribution < -0.4 is 9.64 Å². The number of anilines is 1. The second kappa shape index (κ2) is 14.2. The lowest BCUT2D eigenvalue weighted by Gasteiger charge is -2.34. The van der Waals surface area contributed by atoms with Crippen molar-refractivity contribution in [1.29, 1.82) is 0 Å². The van der Waals surface area contributed by atoms with Crippen LogP contribution in [0.2, 0.25) is 0 Å². The van der Waals surface area contributed by atoms with E-state index in [2.05, 4.69) is 62.1 Å². The topological polar surface area (TPSA) is 52.2 Å². The van der Waals surface area contributed by atoms with E-state index in [0.29, 0.717) is 12.5 Å². The number of nitrogens with zero attached hydrogens (tertiary/aromatic N) is 5. The van der Waals surface area contributed by atoms with Gasteiger partial charge in [0, 0.05) is 95.0 Å². The molecule has 1 unspecified atom stereocenters. The van der Waals surface area contributed by atoms with Crippen LogP contribution >= 0.6 is 0 Å². The van der Waals surface area contributed by atoms with Crippen LogP contribution in [0.5, 0.6) is 5.75 Å². The van der Waals surface area contributed by atoms with Crippen LogP contribution in [0.25, 0.3) is 0 Å². The molecule has 1 aromatic heterocycles. The van der Waals surface area contributed by atoms with Crippen molar-refractivity contribution in [1.82, 2.24) is 19.7 Å². The van der Waals surface area contributed by atoms with Gasteiger partial charge in [-0.3, -0.25) is 19.6 Å². The number of aromatic nitrogens is 1.